The first-order valence-corrected chi connectivity index (χ1v) is 11.7. The van der Waals surface area contributed by atoms with Crippen molar-refractivity contribution in [3.63, 3.8) is 0 Å². The molecule has 3 nitrogen and oxygen atoms in total. The first-order valence-electron chi connectivity index (χ1n) is 11.7. The van der Waals surface area contributed by atoms with E-state index >= 15 is 0 Å². The molecule has 3 fully saturated rings. The van der Waals surface area contributed by atoms with Crippen LogP contribution in [0.5, 0.6) is 5.75 Å². The van der Waals surface area contributed by atoms with Gasteiger partial charge < -0.3 is 15.4 Å². The molecule has 1 saturated heterocycles. The van der Waals surface area contributed by atoms with Gasteiger partial charge in [-0.3, -0.25) is 0 Å². The molecule has 2 atom stereocenters. The molecule has 3 aliphatic rings. The number of hydrogen-bond acceptors (Lipinski definition) is 3. The van der Waals surface area contributed by atoms with Gasteiger partial charge in [0.05, 0.1) is 0 Å². The SMILES string of the molecule is Cl.Fc1cc(F)c(OCc2ccccc2)c([C@@H]2C[C@H]2NC2CCC3(CCNCC3)CC2)c1. The van der Waals surface area contributed by atoms with Crippen LogP contribution in [0.15, 0.2) is 42.5 Å². The summed E-state index contributed by atoms with van der Waals surface area (Å²) < 4.78 is 34.5. The van der Waals surface area contributed by atoms with Gasteiger partial charge in [-0.15, -0.1) is 12.4 Å². The van der Waals surface area contributed by atoms with Crippen LogP contribution in [0.25, 0.3) is 0 Å². The number of piperidine rings is 1. The standard InChI is InChI=1S/C26H32F2N2O.ClH/c27-19-14-22(25(23(28)15-19)31-17-18-4-2-1-3-5-18)21-16-24(21)30-20-6-8-26(9-7-20)10-12-29-13-11-26;/h1-5,14-15,20-21,24,29-30H,6-13,16-17H2;1H/t21-,24+;/m0./s1. The third-order valence-corrected chi connectivity index (χ3v) is 7.61. The Balaban J connectivity index is 0.00000245. The maximum absolute atomic E-state index is 14.6. The van der Waals surface area contributed by atoms with E-state index in [1.165, 1.54) is 44.6 Å². The minimum atomic E-state index is -0.609. The Morgan fingerprint density at radius 1 is 1.00 bits per heavy atom. The summed E-state index contributed by atoms with van der Waals surface area (Å²) in [4.78, 5) is 0. The molecule has 1 spiro atoms. The highest BCUT2D eigenvalue weighted by atomic mass is 35.5. The Morgan fingerprint density at radius 2 is 1.72 bits per heavy atom. The van der Waals surface area contributed by atoms with E-state index < -0.39 is 11.6 Å². The minimum Gasteiger partial charge on any atom is -0.486 e. The first kappa shape index (κ1) is 23.5. The van der Waals surface area contributed by atoms with Crippen molar-refractivity contribution in [1.29, 1.82) is 0 Å². The van der Waals surface area contributed by atoms with Gasteiger partial charge >= 0.3 is 0 Å². The molecule has 2 N–H and O–H groups in total. The predicted octanol–water partition coefficient (Wildman–Crippen LogP) is 5.72. The highest BCUT2D eigenvalue weighted by Crippen LogP contribution is 2.48. The van der Waals surface area contributed by atoms with Gasteiger partial charge in [0, 0.05) is 29.6 Å². The summed E-state index contributed by atoms with van der Waals surface area (Å²) in [7, 11) is 0. The molecular formula is C26H33ClF2N2O. The second kappa shape index (κ2) is 10.1. The normalized spacial score (nSPS) is 24.7. The van der Waals surface area contributed by atoms with E-state index in [9.17, 15) is 8.78 Å². The summed E-state index contributed by atoms with van der Waals surface area (Å²) in [5.41, 5.74) is 2.18. The summed E-state index contributed by atoms with van der Waals surface area (Å²) in [6, 6.07) is 12.9. The molecule has 5 rings (SSSR count). The zero-order valence-electron chi connectivity index (χ0n) is 18.4. The minimum absolute atomic E-state index is 0. The number of rotatable bonds is 6. The average Bonchev–Trinajstić information content (AvgIpc) is 3.55. The summed E-state index contributed by atoms with van der Waals surface area (Å²) in [6.07, 6.45) is 8.52. The molecule has 2 aromatic carbocycles. The van der Waals surface area contributed by atoms with Crippen molar-refractivity contribution in [2.75, 3.05) is 13.1 Å². The van der Waals surface area contributed by atoms with Crippen molar-refractivity contribution in [3.05, 3.63) is 65.2 Å². The van der Waals surface area contributed by atoms with Crippen LogP contribution in [-0.2, 0) is 6.61 Å². The Hall–Kier alpha value is -1.69. The lowest BCUT2D eigenvalue weighted by Gasteiger charge is -2.43. The van der Waals surface area contributed by atoms with E-state index in [1.54, 1.807) is 0 Å². The van der Waals surface area contributed by atoms with Crippen LogP contribution in [0.3, 0.4) is 0 Å². The van der Waals surface area contributed by atoms with Gasteiger partial charge in [0.1, 0.15) is 12.4 Å². The van der Waals surface area contributed by atoms with Crippen molar-refractivity contribution in [2.24, 2.45) is 5.41 Å². The molecule has 0 amide bonds. The summed E-state index contributed by atoms with van der Waals surface area (Å²) in [5, 5.41) is 7.27. The quantitative estimate of drug-likeness (QED) is 0.575. The fourth-order valence-corrected chi connectivity index (χ4v) is 5.62. The predicted molar refractivity (Wildman–Crippen MR) is 125 cm³/mol. The monoisotopic (exact) mass is 462 g/mol. The number of benzene rings is 2. The van der Waals surface area contributed by atoms with Crippen LogP contribution < -0.4 is 15.4 Å². The molecule has 2 aliphatic carbocycles. The van der Waals surface area contributed by atoms with Crippen LogP contribution in [0, 0.1) is 17.0 Å². The lowest BCUT2D eigenvalue weighted by Crippen LogP contribution is -2.43. The van der Waals surface area contributed by atoms with Crippen LogP contribution in [0.2, 0.25) is 0 Å². The van der Waals surface area contributed by atoms with Crippen molar-refractivity contribution in [2.45, 2.75) is 69.6 Å². The van der Waals surface area contributed by atoms with Crippen molar-refractivity contribution in [1.82, 2.24) is 10.6 Å². The Kier molecular flexibility index (Phi) is 7.38. The second-order valence-electron chi connectivity index (χ2n) is 9.72. The van der Waals surface area contributed by atoms with Gasteiger partial charge in [-0.1, -0.05) is 30.3 Å². The fraction of sp³-hybridized carbons (Fsp3) is 0.538. The number of halogens is 3. The molecule has 0 bridgehead atoms. The van der Waals surface area contributed by atoms with Gasteiger partial charge in [-0.25, -0.2) is 8.78 Å². The highest BCUT2D eigenvalue weighted by molar-refractivity contribution is 5.85. The first-order chi connectivity index (χ1) is 15.1. The molecule has 1 aliphatic heterocycles. The van der Waals surface area contributed by atoms with Crippen molar-refractivity contribution >= 4 is 12.4 Å². The van der Waals surface area contributed by atoms with E-state index in [-0.39, 0.29) is 36.7 Å². The zero-order chi connectivity index (χ0) is 21.3. The van der Waals surface area contributed by atoms with E-state index in [0.29, 0.717) is 17.0 Å². The number of nitrogens with one attached hydrogen (secondary N) is 2. The third kappa shape index (κ3) is 5.27. The molecule has 2 saturated carbocycles. The summed E-state index contributed by atoms with van der Waals surface area (Å²) >= 11 is 0. The molecule has 2 aromatic rings. The molecule has 6 heteroatoms. The molecule has 0 unspecified atom stereocenters. The second-order valence-corrected chi connectivity index (χ2v) is 9.72. The van der Waals surface area contributed by atoms with E-state index in [2.05, 4.69) is 10.6 Å². The summed E-state index contributed by atoms with van der Waals surface area (Å²) in [6.45, 7) is 2.58. The van der Waals surface area contributed by atoms with Crippen molar-refractivity contribution < 1.29 is 13.5 Å². The maximum atomic E-state index is 14.6. The number of ether oxygens (including phenoxy) is 1. The van der Waals surface area contributed by atoms with Crippen molar-refractivity contribution in [3.8, 4) is 5.75 Å². The van der Waals surface area contributed by atoms with Gasteiger partial charge in [-0.2, -0.15) is 0 Å². The van der Waals surface area contributed by atoms with Crippen LogP contribution in [-0.4, -0.2) is 25.2 Å². The number of hydrogen-bond donors (Lipinski definition) is 2. The highest BCUT2D eigenvalue weighted by Gasteiger charge is 2.44. The molecule has 174 valence electrons. The topological polar surface area (TPSA) is 33.3 Å². The van der Waals surface area contributed by atoms with Gasteiger partial charge in [0.25, 0.3) is 0 Å². The fourth-order valence-electron chi connectivity index (χ4n) is 5.62. The summed E-state index contributed by atoms with van der Waals surface area (Å²) in [5.74, 6) is -0.819. The Bertz CT molecular complexity index is 894. The lowest BCUT2D eigenvalue weighted by molar-refractivity contribution is 0.115. The van der Waals surface area contributed by atoms with Crippen LogP contribution in [0.1, 0.15) is 62.0 Å². The van der Waals surface area contributed by atoms with Crippen LogP contribution >= 0.6 is 12.4 Å². The molecule has 32 heavy (non-hydrogen) atoms. The van der Waals surface area contributed by atoms with Gasteiger partial charge in [0.15, 0.2) is 11.6 Å². The Labute approximate surface area is 195 Å². The third-order valence-electron chi connectivity index (χ3n) is 7.61. The van der Waals surface area contributed by atoms with Gasteiger partial charge in [0.2, 0.25) is 0 Å². The van der Waals surface area contributed by atoms with Gasteiger partial charge in [-0.05, 0) is 75.1 Å². The van der Waals surface area contributed by atoms with E-state index in [1.807, 2.05) is 30.3 Å². The zero-order valence-corrected chi connectivity index (χ0v) is 19.2. The van der Waals surface area contributed by atoms with E-state index in [4.69, 9.17) is 4.74 Å². The molecule has 0 radical (unpaired) electrons. The largest absolute Gasteiger partial charge is 0.486 e. The molecular weight excluding hydrogens is 430 g/mol. The maximum Gasteiger partial charge on any atom is 0.168 e. The van der Waals surface area contributed by atoms with Crippen LogP contribution in [0.4, 0.5) is 8.78 Å². The smallest absolute Gasteiger partial charge is 0.168 e. The Morgan fingerprint density at radius 3 is 2.44 bits per heavy atom. The molecule has 0 aromatic heterocycles. The lowest BCUT2D eigenvalue weighted by atomic mass is 9.67. The molecule has 1 heterocycles. The van der Waals surface area contributed by atoms with E-state index in [0.717, 1.165) is 31.1 Å². The average molecular weight is 463 g/mol.